The topological polar surface area (TPSA) is 18.5 Å². The Hall–Kier alpha value is -0.120. The lowest BCUT2D eigenvalue weighted by molar-refractivity contribution is 0.0761. The van der Waals surface area contributed by atoms with Crippen molar-refractivity contribution in [3.8, 4) is 0 Å². The van der Waals surface area contributed by atoms with E-state index in [1.165, 1.54) is 64.8 Å². The summed E-state index contributed by atoms with van der Waals surface area (Å²) in [4.78, 5) is 5.57. The number of nitrogens with one attached hydrogen (secondary N) is 1. The van der Waals surface area contributed by atoms with Gasteiger partial charge in [0.1, 0.15) is 0 Å². The van der Waals surface area contributed by atoms with Crippen molar-refractivity contribution in [2.24, 2.45) is 5.41 Å². The van der Waals surface area contributed by atoms with Crippen LogP contribution in [-0.4, -0.2) is 60.6 Å². The summed E-state index contributed by atoms with van der Waals surface area (Å²) >= 11 is 0. The maximum atomic E-state index is 3.78. The zero-order chi connectivity index (χ0) is 14.2. The number of hydrogen-bond donors (Lipinski definition) is 1. The van der Waals surface area contributed by atoms with Crippen LogP contribution in [0.5, 0.6) is 0 Å². The van der Waals surface area contributed by atoms with E-state index in [1.54, 1.807) is 0 Å². The molecule has 0 aromatic heterocycles. The van der Waals surface area contributed by atoms with E-state index in [0.717, 1.165) is 12.1 Å². The molecule has 0 bridgehead atoms. The number of piperidine rings is 1. The Morgan fingerprint density at radius 3 is 2.45 bits per heavy atom. The van der Waals surface area contributed by atoms with E-state index in [-0.39, 0.29) is 0 Å². The van der Waals surface area contributed by atoms with Crippen molar-refractivity contribution >= 4 is 0 Å². The van der Waals surface area contributed by atoms with E-state index in [1.807, 2.05) is 0 Å². The van der Waals surface area contributed by atoms with Gasteiger partial charge in [-0.15, -0.1) is 0 Å². The molecule has 3 unspecified atom stereocenters. The van der Waals surface area contributed by atoms with Crippen LogP contribution in [0.4, 0.5) is 0 Å². The summed E-state index contributed by atoms with van der Waals surface area (Å²) in [5.74, 6) is 0. The van der Waals surface area contributed by atoms with Crippen LogP contribution in [0.2, 0.25) is 0 Å². The van der Waals surface area contributed by atoms with Gasteiger partial charge in [-0.1, -0.05) is 20.8 Å². The van der Waals surface area contributed by atoms with Gasteiger partial charge in [0.05, 0.1) is 0 Å². The highest BCUT2D eigenvalue weighted by atomic mass is 15.2. The molecule has 3 atom stereocenters. The lowest BCUT2D eigenvalue weighted by atomic mass is 9.86. The Balaban J connectivity index is 1.63. The minimum absolute atomic E-state index is 0.372. The predicted octanol–water partition coefficient (Wildman–Crippen LogP) is 2.32. The monoisotopic (exact) mass is 279 g/mol. The van der Waals surface area contributed by atoms with Crippen molar-refractivity contribution in [2.45, 2.75) is 71.0 Å². The Morgan fingerprint density at radius 1 is 0.900 bits per heavy atom. The van der Waals surface area contributed by atoms with Crippen LogP contribution in [0, 0.1) is 5.41 Å². The maximum Gasteiger partial charge on any atom is 0.0243 e. The van der Waals surface area contributed by atoms with E-state index in [2.05, 4.69) is 35.9 Å². The first-order valence-corrected chi connectivity index (χ1v) is 8.75. The molecule has 3 aliphatic heterocycles. The highest BCUT2D eigenvalue weighted by Gasteiger charge is 2.36. The molecule has 0 aromatic carbocycles. The third kappa shape index (κ3) is 3.20. The first-order chi connectivity index (χ1) is 9.54. The minimum Gasteiger partial charge on any atom is -0.312 e. The van der Waals surface area contributed by atoms with E-state index < -0.39 is 0 Å². The molecule has 3 rings (SSSR count). The van der Waals surface area contributed by atoms with Crippen LogP contribution >= 0.6 is 0 Å². The zero-order valence-corrected chi connectivity index (χ0v) is 13.7. The molecule has 0 aliphatic carbocycles. The molecule has 3 aliphatic rings. The molecule has 0 amide bonds. The van der Waals surface area contributed by atoms with Crippen LogP contribution in [0.15, 0.2) is 0 Å². The van der Waals surface area contributed by atoms with Crippen LogP contribution in [0.3, 0.4) is 0 Å². The molecule has 1 N–H and O–H groups in total. The van der Waals surface area contributed by atoms with Crippen molar-refractivity contribution in [1.82, 2.24) is 15.1 Å². The Kier molecular flexibility index (Phi) is 4.40. The second-order valence-electron chi connectivity index (χ2n) is 8.23. The van der Waals surface area contributed by atoms with Crippen molar-refractivity contribution < 1.29 is 0 Å². The standard InChI is InChI=1S/C17H33N3/c1-17(2,3)16-13-20(10-5-8-18-16)15-7-11-19-9-4-6-14(19)12-15/h14-16,18H,4-13H2,1-3H3. The van der Waals surface area contributed by atoms with Gasteiger partial charge in [0, 0.05) is 24.7 Å². The molecule has 0 saturated carbocycles. The summed E-state index contributed by atoms with van der Waals surface area (Å²) in [6, 6.07) is 2.39. The van der Waals surface area contributed by atoms with Gasteiger partial charge in [0.15, 0.2) is 0 Å². The summed E-state index contributed by atoms with van der Waals surface area (Å²) in [6.45, 7) is 13.6. The van der Waals surface area contributed by atoms with Crippen molar-refractivity contribution in [2.75, 3.05) is 32.7 Å². The largest absolute Gasteiger partial charge is 0.312 e. The lowest BCUT2D eigenvalue weighted by Crippen LogP contribution is -2.52. The lowest BCUT2D eigenvalue weighted by Gasteiger charge is -2.42. The number of hydrogen-bond acceptors (Lipinski definition) is 3. The summed E-state index contributed by atoms with van der Waals surface area (Å²) < 4.78 is 0. The smallest absolute Gasteiger partial charge is 0.0243 e. The van der Waals surface area contributed by atoms with Crippen LogP contribution in [-0.2, 0) is 0 Å². The molecule has 3 nitrogen and oxygen atoms in total. The highest BCUT2D eigenvalue weighted by Crippen LogP contribution is 2.31. The summed E-state index contributed by atoms with van der Waals surface area (Å²) in [6.07, 6.45) is 7.02. The molecular formula is C17H33N3. The molecule has 20 heavy (non-hydrogen) atoms. The van der Waals surface area contributed by atoms with Gasteiger partial charge < -0.3 is 10.2 Å². The van der Waals surface area contributed by atoms with Gasteiger partial charge in [0.25, 0.3) is 0 Å². The predicted molar refractivity (Wildman–Crippen MR) is 85.1 cm³/mol. The van der Waals surface area contributed by atoms with Crippen LogP contribution < -0.4 is 5.32 Å². The second-order valence-corrected chi connectivity index (χ2v) is 8.23. The summed E-state index contributed by atoms with van der Waals surface area (Å²) in [5.41, 5.74) is 0.372. The zero-order valence-electron chi connectivity index (χ0n) is 13.7. The van der Waals surface area contributed by atoms with Gasteiger partial charge in [-0.3, -0.25) is 4.90 Å². The molecule has 3 heteroatoms. The van der Waals surface area contributed by atoms with Crippen molar-refractivity contribution in [1.29, 1.82) is 0 Å². The van der Waals surface area contributed by atoms with Crippen LogP contribution in [0.25, 0.3) is 0 Å². The molecular weight excluding hydrogens is 246 g/mol. The average Bonchev–Trinajstić information content (AvgIpc) is 2.70. The fraction of sp³-hybridized carbons (Fsp3) is 1.00. The molecule has 0 radical (unpaired) electrons. The fourth-order valence-electron chi connectivity index (χ4n) is 4.40. The number of fused-ring (bicyclic) bond motifs is 1. The van der Waals surface area contributed by atoms with Crippen molar-refractivity contribution in [3.63, 3.8) is 0 Å². The molecule has 116 valence electrons. The van der Waals surface area contributed by atoms with E-state index >= 15 is 0 Å². The van der Waals surface area contributed by atoms with E-state index in [0.29, 0.717) is 11.5 Å². The van der Waals surface area contributed by atoms with E-state index in [4.69, 9.17) is 0 Å². The first kappa shape index (κ1) is 14.8. The Bertz CT molecular complexity index is 323. The molecule has 3 saturated heterocycles. The first-order valence-electron chi connectivity index (χ1n) is 8.75. The number of nitrogens with zero attached hydrogens (tertiary/aromatic N) is 2. The van der Waals surface area contributed by atoms with Gasteiger partial charge in [-0.25, -0.2) is 0 Å². The second kappa shape index (κ2) is 5.94. The summed E-state index contributed by atoms with van der Waals surface area (Å²) in [5, 5.41) is 3.78. The normalized spacial score (nSPS) is 37.6. The summed E-state index contributed by atoms with van der Waals surface area (Å²) in [7, 11) is 0. The van der Waals surface area contributed by atoms with Gasteiger partial charge >= 0.3 is 0 Å². The fourth-order valence-corrected chi connectivity index (χ4v) is 4.40. The quantitative estimate of drug-likeness (QED) is 0.795. The Labute approximate surface area is 125 Å². The third-order valence-corrected chi connectivity index (χ3v) is 5.78. The maximum absolute atomic E-state index is 3.78. The molecule has 0 spiro atoms. The SMILES string of the molecule is CC(C)(C)C1CN(C2CCN3CCCC3C2)CCCN1. The van der Waals surface area contributed by atoms with Gasteiger partial charge in [-0.2, -0.15) is 0 Å². The third-order valence-electron chi connectivity index (χ3n) is 5.78. The van der Waals surface area contributed by atoms with E-state index in [9.17, 15) is 0 Å². The number of rotatable bonds is 1. The van der Waals surface area contributed by atoms with Crippen LogP contribution in [0.1, 0.15) is 52.9 Å². The molecule has 0 aromatic rings. The molecule has 3 fully saturated rings. The Morgan fingerprint density at radius 2 is 1.65 bits per heavy atom. The minimum atomic E-state index is 0.372. The van der Waals surface area contributed by atoms with Gasteiger partial charge in [0.2, 0.25) is 0 Å². The van der Waals surface area contributed by atoms with Gasteiger partial charge in [-0.05, 0) is 63.7 Å². The molecule has 3 heterocycles. The highest BCUT2D eigenvalue weighted by molar-refractivity contribution is 4.93. The van der Waals surface area contributed by atoms with Crippen molar-refractivity contribution in [3.05, 3.63) is 0 Å². The average molecular weight is 279 g/mol.